The van der Waals surface area contributed by atoms with E-state index in [9.17, 15) is 14.4 Å². The summed E-state index contributed by atoms with van der Waals surface area (Å²) in [6.45, 7) is 5.79. The Morgan fingerprint density at radius 3 is 2.63 bits per heavy atom. The zero-order valence-electron chi connectivity index (χ0n) is 18.0. The van der Waals surface area contributed by atoms with E-state index in [0.29, 0.717) is 57.1 Å². The Bertz CT molecular complexity index is 827. The number of aromatic nitrogens is 1. The summed E-state index contributed by atoms with van der Waals surface area (Å²) in [6, 6.07) is -0.0274. The van der Waals surface area contributed by atoms with Crippen LogP contribution < -0.4 is 5.32 Å². The average molecular weight is 417 g/mol. The Balaban J connectivity index is 1.40. The van der Waals surface area contributed by atoms with E-state index in [1.807, 2.05) is 18.9 Å². The minimum absolute atomic E-state index is 0.0274. The Hall–Kier alpha value is -2.19. The number of likely N-dealkylation sites (N-methyl/N-ethyl adjacent to an activating group) is 1. The molecule has 0 spiro atoms. The van der Waals surface area contributed by atoms with Gasteiger partial charge in [-0.1, -0.05) is 0 Å². The summed E-state index contributed by atoms with van der Waals surface area (Å²) in [7, 11) is 2.00. The van der Waals surface area contributed by atoms with Crippen molar-refractivity contribution in [2.75, 3.05) is 46.4 Å². The molecule has 0 bridgehead atoms. The van der Waals surface area contributed by atoms with E-state index < -0.39 is 0 Å². The van der Waals surface area contributed by atoms with Crippen LogP contribution in [0.4, 0.5) is 0 Å². The lowest BCUT2D eigenvalue weighted by Gasteiger charge is -2.31. The lowest BCUT2D eigenvalue weighted by molar-refractivity contribution is -0.140. The number of morpholine rings is 1. The van der Waals surface area contributed by atoms with Gasteiger partial charge < -0.3 is 24.8 Å². The summed E-state index contributed by atoms with van der Waals surface area (Å²) in [6.07, 6.45) is 3.71. The minimum Gasteiger partial charge on any atom is -0.378 e. The highest BCUT2D eigenvalue weighted by atomic mass is 16.5. The molecule has 2 fully saturated rings. The zero-order valence-corrected chi connectivity index (χ0v) is 18.0. The smallest absolute Gasteiger partial charge is 0.268 e. The SMILES string of the molecule is Cc1c(C(=O)N[C@H]2CC[C@@H](C(=O)N3CCOCC3)CN(C)C2)[nH]c2c1C(=O)CCC2. The number of aromatic amines is 1. The molecule has 1 aromatic rings. The molecule has 8 nitrogen and oxygen atoms in total. The normalized spacial score (nSPS) is 25.5. The molecule has 3 heterocycles. The largest absolute Gasteiger partial charge is 0.378 e. The van der Waals surface area contributed by atoms with Crippen LogP contribution in [-0.2, 0) is 16.0 Å². The van der Waals surface area contributed by atoms with Crippen LogP contribution in [0.25, 0.3) is 0 Å². The van der Waals surface area contributed by atoms with Crippen molar-refractivity contribution in [1.82, 2.24) is 20.1 Å². The van der Waals surface area contributed by atoms with Gasteiger partial charge in [0, 0.05) is 49.9 Å². The highest BCUT2D eigenvalue weighted by Gasteiger charge is 2.32. The Labute approximate surface area is 177 Å². The van der Waals surface area contributed by atoms with Crippen LogP contribution in [0.3, 0.4) is 0 Å². The van der Waals surface area contributed by atoms with E-state index in [0.717, 1.165) is 36.9 Å². The molecule has 3 aliphatic rings. The molecule has 8 heteroatoms. The average Bonchev–Trinajstić information content (AvgIpc) is 2.97. The summed E-state index contributed by atoms with van der Waals surface area (Å²) in [5.41, 5.74) is 2.86. The number of ketones is 1. The van der Waals surface area contributed by atoms with E-state index in [1.54, 1.807) is 0 Å². The molecule has 2 atom stereocenters. The van der Waals surface area contributed by atoms with E-state index >= 15 is 0 Å². The second-order valence-electron chi connectivity index (χ2n) is 8.86. The van der Waals surface area contributed by atoms with Crippen molar-refractivity contribution >= 4 is 17.6 Å². The number of likely N-dealkylation sites (tertiary alicyclic amines) is 1. The van der Waals surface area contributed by atoms with Crippen molar-refractivity contribution in [2.45, 2.75) is 45.1 Å². The third kappa shape index (κ3) is 4.30. The number of carbonyl (C=O) groups excluding carboxylic acids is 3. The number of Topliss-reactive ketones (excluding diaryl/α,β-unsaturated/α-hetero) is 1. The molecule has 0 aromatic carbocycles. The number of hydrogen-bond acceptors (Lipinski definition) is 5. The van der Waals surface area contributed by atoms with Gasteiger partial charge in [0.1, 0.15) is 5.69 Å². The molecule has 30 heavy (non-hydrogen) atoms. The van der Waals surface area contributed by atoms with Gasteiger partial charge in [-0.2, -0.15) is 0 Å². The first-order valence-corrected chi connectivity index (χ1v) is 11.0. The van der Waals surface area contributed by atoms with Crippen LogP contribution >= 0.6 is 0 Å². The first-order valence-electron chi connectivity index (χ1n) is 11.0. The van der Waals surface area contributed by atoms with Gasteiger partial charge in [-0.15, -0.1) is 0 Å². The highest BCUT2D eigenvalue weighted by Crippen LogP contribution is 2.27. The molecule has 4 rings (SSSR count). The summed E-state index contributed by atoms with van der Waals surface area (Å²) in [4.78, 5) is 45.4. The number of rotatable bonds is 3. The van der Waals surface area contributed by atoms with Crippen molar-refractivity contribution in [3.05, 3.63) is 22.5 Å². The molecule has 2 N–H and O–H groups in total. The topological polar surface area (TPSA) is 94.7 Å². The number of hydrogen-bond donors (Lipinski definition) is 2. The lowest BCUT2D eigenvalue weighted by Crippen LogP contribution is -2.46. The van der Waals surface area contributed by atoms with Crippen LogP contribution in [0, 0.1) is 12.8 Å². The summed E-state index contributed by atoms with van der Waals surface area (Å²) >= 11 is 0. The Kier molecular flexibility index (Phi) is 6.24. The number of nitrogens with zero attached hydrogens (tertiary/aromatic N) is 2. The fraction of sp³-hybridized carbons (Fsp3) is 0.682. The van der Waals surface area contributed by atoms with Crippen molar-refractivity contribution in [3.8, 4) is 0 Å². The van der Waals surface area contributed by atoms with E-state index in [-0.39, 0.29) is 29.6 Å². The van der Waals surface area contributed by atoms with Crippen molar-refractivity contribution in [2.24, 2.45) is 5.92 Å². The van der Waals surface area contributed by atoms with Gasteiger partial charge in [0.2, 0.25) is 5.91 Å². The molecule has 2 aliphatic heterocycles. The Morgan fingerprint density at radius 1 is 1.13 bits per heavy atom. The predicted octanol–water partition coefficient (Wildman–Crippen LogP) is 1.14. The number of carbonyl (C=O) groups is 3. The zero-order chi connectivity index (χ0) is 21.3. The van der Waals surface area contributed by atoms with Crippen molar-refractivity contribution < 1.29 is 19.1 Å². The van der Waals surface area contributed by atoms with Crippen LogP contribution in [0.2, 0.25) is 0 Å². The first kappa shape index (κ1) is 21.1. The number of fused-ring (bicyclic) bond motifs is 1. The molecule has 164 valence electrons. The van der Waals surface area contributed by atoms with E-state index in [4.69, 9.17) is 4.74 Å². The van der Waals surface area contributed by atoms with Gasteiger partial charge in [0.15, 0.2) is 5.78 Å². The van der Waals surface area contributed by atoms with Gasteiger partial charge in [-0.3, -0.25) is 14.4 Å². The molecule has 1 aliphatic carbocycles. The molecule has 0 saturated carbocycles. The third-order valence-corrected chi connectivity index (χ3v) is 6.60. The van der Waals surface area contributed by atoms with Gasteiger partial charge >= 0.3 is 0 Å². The second-order valence-corrected chi connectivity index (χ2v) is 8.86. The van der Waals surface area contributed by atoms with Crippen molar-refractivity contribution in [1.29, 1.82) is 0 Å². The highest BCUT2D eigenvalue weighted by molar-refractivity contribution is 6.04. The summed E-state index contributed by atoms with van der Waals surface area (Å²) in [5, 5.41) is 3.14. The van der Waals surface area contributed by atoms with Crippen LogP contribution in [-0.4, -0.2) is 84.9 Å². The van der Waals surface area contributed by atoms with Gasteiger partial charge in [0.25, 0.3) is 5.91 Å². The number of amides is 2. The molecule has 0 unspecified atom stereocenters. The maximum atomic E-state index is 13.0. The third-order valence-electron chi connectivity index (χ3n) is 6.60. The molecular weight excluding hydrogens is 384 g/mol. The molecule has 0 radical (unpaired) electrons. The fourth-order valence-corrected chi connectivity index (χ4v) is 5.03. The number of ether oxygens (including phenoxy) is 1. The Morgan fingerprint density at radius 2 is 1.90 bits per heavy atom. The van der Waals surface area contributed by atoms with Gasteiger partial charge in [0.05, 0.1) is 19.1 Å². The molecular formula is C22H32N4O4. The second kappa shape index (κ2) is 8.89. The van der Waals surface area contributed by atoms with Gasteiger partial charge in [-0.05, 0) is 45.2 Å². The first-order chi connectivity index (χ1) is 14.4. The predicted molar refractivity (Wildman–Crippen MR) is 112 cm³/mol. The lowest BCUT2D eigenvalue weighted by atomic mass is 9.94. The van der Waals surface area contributed by atoms with Crippen LogP contribution in [0.1, 0.15) is 57.8 Å². The van der Waals surface area contributed by atoms with Gasteiger partial charge in [-0.25, -0.2) is 0 Å². The summed E-state index contributed by atoms with van der Waals surface area (Å²) in [5.74, 6) is 0.115. The van der Waals surface area contributed by atoms with E-state index in [1.165, 1.54) is 0 Å². The molecule has 2 amide bonds. The molecule has 2 saturated heterocycles. The number of aryl methyl sites for hydroxylation is 1. The minimum atomic E-state index is -0.161. The molecule has 1 aromatic heterocycles. The number of H-pyrrole nitrogens is 1. The van der Waals surface area contributed by atoms with Crippen LogP contribution in [0.15, 0.2) is 0 Å². The maximum Gasteiger partial charge on any atom is 0.268 e. The maximum absolute atomic E-state index is 13.0. The van der Waals surface area contributed by atoms with E-state index in [2.05, 4.69) is 15.2 Å². The standard InChI is InChI=1S/C22H32N4O4/c1-14-19-17(4-3-5-18(19)27)24-20(14)21(28)23-16-7-6-15(12-25(2)13-16)22(29)26-8-10-30-11-9-26/h15-16,24H,3-13H2,1-2H3,(H,23,28)/t15-,16+/m1/s1. The van der Waals surface area contributed by atoms with Crippen LogP contribution in [0.5, 0.6) is 0 Å². The number of nitrogens with one attached hydrogen (secondary N) is 2. The monoisotopic (exact) mass is 416 g/mol. The quantitative estimate of drug-likeness (QED) is 0.771. The summed E-state index contributed by atoms with van der Waals surface area (Å²) < 4.78 is 5.36. The van der Waals surface area contributed by atoms with Crippen molar-refractivity contribution in [3.63, 3.8) is 0 Å². The fourth-order valence-electron chi connectivity index (χ4n) is 5.03.